The number of nitrogens with zero attached hydrogens (tertiary/aromatic N) is 1. The van der Waals surface area contributed by atoms with Gasteiger partial charge in [-0.25, -0.2) is 14.0 Å². The van der Waals surface area contributed by atoms with Crippen LogP contribution >= 0.6 is 15.6 Å². The molecule has 3 fully saturated rings. The number of hydrogen-bond acceptors (Lipinski definition) is 10. The average Bonchev–Trinajstić information content (AvgIpc) is 3.14. The summed E-state index contributed by atoms with van der Waals surface area (Å²) in [7, 11) is -7.75. The highest BCUT2D eigenvalue weighted by molar-refractivity contribution is 7.46. The first-order valence-electron chi connectivity index (χ1n) is 8.30. The van der Waals surface area contributed by atoms with E-state index in [1.54, 1.807) is 0 Å². The van der Waals surface area contributed by atoms with Crippen LogP contribution in [0, 0.1) is 0 Å². The van der Waals surface area contributed by atoms with E-state index in [9.17, 15) is 9.13 Å². The Morgan fingerprint density at radius 2 is 1.93 bits per heavy atom. The zero-order chi connectivity index (χ0) is 19.8. The minimum absolute atomic E-state index is 0.0126. The topological polar surface area (TPSA) is 194 Å². The van der Waals surface area contributed by atoms with Gasteiger partial charge in [-0.05, 0) is 7.05 Å². The van der Waals surface area contributed by atoms with Crippen LogP contribution in [-0.4, -0.2) is 88.3 Å². The van der Waals surface area contributed by atoms with E-state index in [1.165, 1.54) is 0 Å². The summed E-state index contributed by atoms with van der Waals surface area (Å²) in [5.74, 6) is 0. The second-order valence-corrected chi connectivity index (χ2v) is 8.92. The largest absolute Gasteiger partial charge is 0.469 e. The van der Waals surface area contributed by atoms with Gasteiger partial charge in [-0.2, -0.15) is 0 Å². The summed E-state index contributed by atoms with van der Waals surface area (Å²) >= 11 is 0. The number of phosphoric acid groups is 2. The first-order chi connectivity index (χ1) is 12.6. The third-order valence-electron chi connectivity index (χ3n) is 4.74. The lowest BCUT2D eigenvalue weighted by Gasteiger charge is -2.39. The molecule has 0 aliphatic carbocycles. The van der Waals surface area contributed by atoms with Crippen LogP contribution < -0.4 is 21.3 Å². The Hall–Kier alpha value is -0.0200. The maximum Gasteiger partial charge on any atom is 0.469 e. The summed E-state index contributed by atoms with van der Waals surface area (Å²) in [6.07, 6.45) is -2.72. The third-order valence-corrected chi connectivity index (χ3v) is 5.77. The molecule has 3 heterocycles. The minimum Gasteiger partial charge on any atom is -0.355 e. The van der Waals surface area contributed by atoms with E-state index in [4.69, 9.17) is 28.8 Å². The zero-order valence-corrected chi connectivity index (χ0v) is 16.3. The standard InChI is InChI=1S/C11H25N5O9P2/c1-12-10-9-11(14-4-13-10)16(5-15-9)8-2-6(25-27(20,21)22)7(24-8)3-23-26(17,18)19/h6-15H,2-5H2,1H3,(H2,17,18,19)(H2,20,21,22)/t6-,7+,8+,9?,10?,11?/m0/s1. The highest BCUT2D eigenvalue weighted by atomic mass is 31.2. The molecule has 0 aromatic heterocycles. The molecule has 0 bridgehead atoms. The van der Waals surface area contributed by atoms with Gasteiger partial charge in [-0.15, -0.1) is 0 Å². The summed E-state index contributed by atoms with van der Waals surface area (Å²) in [5, 5.41) is 13.0. The summed E-state index contributed by atoms with van der Waals surface area (Å²) in [6.45, 7) is 0.432. The van der Waals surface area contributed by atoms with E-state index >= 15 is 0 Å². The van der Waals surface area contributed by atoms with Crippen LogP contribution in [0.4, 0.5) is 0 Å². The fourth-order valence-electron chi connectivity index (χ4n) is 3.65. The predicted octanol–water partition coefficient (Wildman–Crippen LogP) is -3.06. The fraction of sp³-hybridized carbons (Fsp3) is 1.00. The number of rotatable bonds is 7. The molecule has 3 saturated heterocycles. The van der Waals surface area contributed by atoms with E-state index in [-0.39, 0.29) is 24.8 Å². The van der Waals surface area contributed by atoms with Crippen LogP contribution in [0.15, 0.2) is 0 Å². The smallest absolute Gasteiger partial charge is 0.355 e. The van der Waals surface area contributed by atoms with Crippen LogP contribution in [0.2, 0.25) is 0 Å². The Labute approximate surface area is 155 Å². The van der Waals surface area contributed by atoms with Crippen molar-refractivity contribution in [3.8, 4) is 0 Å². The number of hydrogen-bond donors (Lipinski definition) is 8. The van der Waals surface area contributed by atoms with Crippen LogP contribution in [0.3, 0.4) is 0 Å². The third kappa shape index (κ3) is 5.53. The second-order valence-electron chi connectivity index (χ2n) is 6.48. The molecule has 0 saturated carbocycles. The second kappa shape index (κ2) is 8.38. The van der Waals surface area contributed by atoms with Crippen molar-refractivity contribution in [2.24, 2.45) is 0 Å². The first-order valence-corrected chi connectivity index (χ1v) is 11.4. The molecule has 0 aromatic carbocycles. The molecule has 0 amide bonds. The van der Waals surface area contributed by atoms with Gasteiger partial charge in [0.1, 0.15) is 18.4 Å². The molecule has 0 radical (unpaired) electrons. The highest BCUT2D eigenvalue weighted by Crippen LogP contribution is 2.44. The maximum absolute atomic E-state index is 11.2. The lowest BCUT2D eigenvalue weighted by molar-refractivity contribution is -0.0883. The highest BCUT2D eigenvalue weighted by Gasteiger charge is 2.49. The monoisotopic (exact) mass is 433 g/mol. The molecular weight excluding hydrogens is 408 g/mol. The van der Waals surface area contributed by atoms with E-state index < -0.39 is 40.7 Å². The molecule has 8 N–H and O–H groups in total. The van der Waals surface area contributed by atoms with Crippen molar-refractivity contribution in [1.29, 1.82) is 0 Å². The molecule has 3 aliphatic heterocycles. The Balaban J connectivity index is 1.69. The predicted molar refractivity (Wildman–Crippen MR) is 89.6 cm³/mol. The summed E-state index contributed by atoms with van der Waals surface area (Å²) in [5.41, 5.74) is 0. The first kappa shape index (κ1) is 21.7. The minimum atomic E-state index is -4.82. The number of fused-ring (bicyclic) bond motifs is 1. The summed E-state index contributed by atoms with van der Waals surface area (Å²) < 4.78 is 37.2. The van der Waals surface area contributed by atoms with Gasteiger partial charge in [-0.1, -0.05) is 0 Å². The van der Waals surface area contributed by atoms with E-state index in [1.807, 2.05) is 11.9 Å². The number of phosphoric ester groups is 2. The number of nitrogens with one attached hydrogen (secondary N) is 4. The van der Waals surface area contributed by atoms with Crippen LogP contribution in [0.5, 0.6) is 0 Å². The van der Waals surface area contributed by atoms with Gasteiger partial charge in [0.05, 0.1) is 31.6 Å². The Morgan fingerprint density at radius 3 is 2.56 bits per heavy atom. The molecule has 14 nitrogen and oxygen atoms in total. The van der Waals surface area contributed by atoms with Crippen LogP contribution in [0.25, 0.3) is 0 Å². The van der Waals surface area contributed by atoms with Crippen molar-refractivity contribution in [2.75, 3.05) is 27.0 Å². The Morgan fingerprint density at radius 1 is 1.19 bits per heavy atom. The maximum atomic E-state index is 11.2. The van der Waals surface area contributed by atoms with Crippen molar-refractivity contribution in [3.63, 3.8) is 0 Å². The summed E-state index contributed by atoms with van der Waals surface area (Å²) in [4.78, 5) is 37.9. The van der Waals surface area contributed by atoms with Gasteiger partial charge in [0.15, 0.2) is 0 Å². The molecular formula is C11H25N5O9P2. The molecule has 158 valence electrons. The molecule has 16 heteroatoms. The van der Waals surface area contributed by atoms with Gasteiger partial charge in [0.25, 0.3) is 0 Å². The molecule has 0 aromatic rings. The Kier molecular flexibility index (Phi) is 6.73. The van der Waals surface area contributed by atoms with Gasteiger partial charge < -0.3 is 29.6 Å². The molecule has 3 aliphatic rings. The summed E-state index contributed by atoms with van der Waals surface area (Å²) in [6, 6.07) is 0.0129. The zero-order valence-electron chi connectivity index (χ0n) is 14.5. The van der Waals surface area contributed by atoms with Gasteiger partial charge in [0.2, 0.25) is 0 Å². The van der Waals surface area contributed by atoms with Crippen molar-refractivity contribution >= 4 is 15.6 Å². The normalized spacial score (nSPS) is 38.3. The van der Waals surface area contributed by atoms with E-state index in [0.29, 0.717) is 13.3 Å². The molecule has 27 heavy (non-hydrogen) atoms. The molecule has 3 rings (SSSR count). The van der Waals surface area contributed by atoms with E-state index in [0.717, 1.165) is 0 Å². The molecule has 3 unspecified atom stereocenters. The quantitative estimate of drug-likeness (QED) is 0.189. The van der Waals surface area contributed by atoms with Crippen LogP contribution in [-0.2, 0) is 22.9 Å². The Bertz CT molecular complexity index is 617. The van der Waals surface area contributed by atoms with Gasteiger partial charge >= 0.3 is 15.6 Å². The SMILES string of the molecule is CNC1NCNC2C1NCN2[C@H]1C[C@H](OP(=O)(O)O)[C@@H](COP(=O)(O)O)O1. The molecule has 0 spiro atoms. The fourth-order valence-corrected chi connectivity index (χ4v) is 4.56. The van der Waals surface area contributed by atoms with Gasteiger partial charge in [0, 0.05) is 13.1 Å². The van der Waals surface area contributed by atoms with Crippen molar-refractivity contribution in [1.82, 2.24) is 26.2 Å². The average molecular weight is 433 g/mol. The van der Waals surface area contributed by atoms with Crippen molar-refractivity contribution < 1.29 is 42.5 Å². The lowest BCUT2D eigenvalue weighted by atomic mass is 10.1. The van der Waals surface area contributed by atoms with Crippen molar-refractivity contribution in [2.45, 2.75) is 43.2 Å². The lowest BCUT2D eigenvalue weighted by Crippen LogP contribution is -2.68. The number of likely N-dealkylation sites (N-methyl/N-ethyl adjacent to an activating group) is 1. The number of ether oxygens (including phenoxy) is 1. The molecule has 6 atom stereocenters. The van der Waals surface area contributed by atoms with E-state index in [2.05, 4.69) is 25.8 Å². The van der Waals surface area contributed by atoms with Crippen LogP contribution in [0.1, 0.15) is 6.42 Å². The van der Waals surface area contributed by atoms with Gasteiger partial charge in [-0.3, -0.25) is 25.0 Å². The van der Waals surface area contributed by atoms with Crippen molar-refractivity contribution in [3.05, 3.63) is 0 Å².